The number of nitrogens with zero attached hydrogens (tertiary/aromatic N) is 2. The largest absolute Gasteiger partial charge is 0.495 e. The molecule has 0 aliphatic carbocycles. The van der Waals surface area contributed by atoms with Gasteiger partial charge in [0.05, 0.1) is 26.0 Å². The molecule has 1 aromatic heterocycles. The van der Waals surface area contributed by atoms with Crippen molar-refractivity contribution in [2.45, 2.75) is 26.2 Å². The zero-order valence-corrected chi connectivity index (χ0v) is 23.3. The van der Waals surface area contributed by atoms with Crippen molar-refractivity contribution in [3.63, 3.8) is 0 Å². The van der Waals surface area contributed by atoms with E-state index in [2.05, 4.69) is 41.3 Å². The van der Waals surface area contributed by atoms with Gasteiger partial charge in [-0.25, -0.2) is 4.98 Å². The summed E-state index contributed by atoms with van der Waals surface area (Å²) in [6.07, 6.45) is 1.78. The molecular weight excluding hydrogens is 504 g/mol. The number of ketones is 1. The molecular formula is C32H34N4O4. The third-order valence-electron chi connectivity index (χ3n) is 7.05. The number of carbonyl (C=O) groups is 2. The fraction of sp³-hybridized carbons (Fsp3) is 0.281. The molecule has 1 saturated heterocycles. The van der Waals surface area contributed by atoms with E-state index in [4.69, 9.17) is 9.47 Å². The van der Waals surface area contributed by atoms with E-state index in [0.717, 1.165) is 41.2 Å². The van der Waals surface area contributed by atoms with Gasteiger partial charge in [-0.3, -0.25) is 9.59 Å². The Morgan fingerprint density at radius 3 is 2.40 bits per heavy atom. The van der Waals surface area contributed by atoms with E-state index in [0.29, 0.717) is 35.6 Å². The van der Waals surface area contributed by atoms with Crippen LogP contribution in [0.4, 0.5) is 22.9 Å². The van der Waals surface area contributed by atoms with Gasteiger partial charge in [0.2, 0.25) is 0 Å². The SMILES string of the molecule is COc1ccc(C(C)(C)C)cc1NC(=O)C(=O)c1ccc(Nc2ccnc(N3CCOCC3)c2)c2ccccc12. The number of ether oxygens (including phenoxy) is 2. The maximum atomic E-state index is 13.4. The maximum absolute atomic E-state index is 13.4. The predicted molar refractivity (Wildman–Crippen MR) is 159 cm³/mol. The molecule has 1 amide bonds. The van der Waals surface area contributed by atoms with Crippen LogP contribution in [-0.4, -0.2) is 50.1 Å². The van der Waals surface area contributed by atoms with E-state index in [1.165, 1.54) is 7.11 Å². The van der Waals surface area contributed by atoms with Gasteiger partial charge >= 0.3 is 0 Å². The minimum absolute atomic E-state index is 0.132. The maximum Gasteiger partial charge on any atom is 0.296 e. The molecule has 8 heteroatoms. The molecule has 1 aliphatic heterocycles. The molecule has 3 aromatic carbocycles. The van der Waals surface area contributed by atoms with Crippen LogP contribution in [0.1, 0.15) is 36.7 Å². The lowest BCUT2D eigenvalue weighted by Gasteiger charge is -2.28. The zero-order chi connectivity index (χ0) is 28.3. The van der Waals surface area contributed by atoms with E-state index in [1.54, 1.807) is 18.3 Å². The molecule has 0 unspecified atom stereocenters. The van der Waals surface area contributed by atoms with Gasteiger partial charge in [-0.15, -0.1) is 0 Å². The summed E-state index contributed by atoms with van der Waals surface area (Å²) in [7, 11) is 1.54. The number of fused-ring (bicyclic) bond motifs is 1. The monoisotopic (exact) mass is 538 g/mol. The number of anilines is 4. The van der Waals surface area contributed by atoms with E-state index in [9.17, 15) is 9.59 Å². The molecule has 0 radical (unpaired) electrons. The summed E-state index contributed by atoms with van der Waals surface area (Å²) in [5.41, 5.74) is 3.38. The van der Waals surface area contributed by atoms with Crippen molar-refractivity contribution in [2.75, 3.05) is 48.9 Å². The first-order chi connectivity index (χ1) is 19.2. The summed E-state index contributed by atoms with van der Waals surface area (Å²) in [5.74, 6) is 0.0309. The number of nitrogens with one attached hydrogen (secondary N) is 2. The quantitative estimate of drug-likeness (QED) is 0.222. The summed E-state index contributed by atoms with van der Waals surface area (Å²) < 4.78 is 10.9. The van der Waals surface area contributed by atoms with Gasteiger partial charge in [-0.05, 0) is 46.7 Å². The second kappa shape index (κ2) is 11.4. The number of methoxy groups -OCH3 is 1. The summed E-state index contributed by atoms with van der Waals surface area (Å²) in [6.45, 7) is 9.22. The Bertz CT molecular complexity index is 1550. The van der Waals surface area contributed by atoms with Crippen LogP contribution in [0.15, 0.2) is 72.9 Å². The Morgan fingerprint density at radius 1 is 0.925 bits per heavy atom. The van der Waals surface area contributed by atoms with Crippen LogP contribution in [-0.2, 0) is 14.9 Å². The Kier molecular flexibility index (Phi) is 7.71. The molecule has 2 heterocycles. The van der Waals surface area contributed by atoms with Crippen LogP contribution in [0, 0.1) is 0 Å². The number of Topliss-reactive ketones (excluding diaryl/α,β-unsaturated/α-hetero) is 1. The standard InChI is InChI=1S/C32H34N4O4/c1-32(2,3)21-9-12-28(39-4)27(19-21)35-31(38)30(37)25-10-11-26(24-8-6-5-7-23(24)25)34-22-13-14-33-29(20-22)36-15-17-40-18-16-36/h5-14,19-20H,15-18H2,1-4H3,(H,33,34)(H,35,38). The second-order valence-electron chi connectivity index (χ2n) is 10.8. The van der Waals surface area contributed by atoms with Crippen molar-refractivity contribution in [3.05, 3.63) is 84.1 Å². The van der Waals surface area contributed by atoms with Crippen molar-refractivity contribution in [2.24, 2.45) is 0 Å². The molecule has 2 N–H and O–H groups in total. The first-order valence-electron chi connectivity index (χ1n) is 13.4. The lowest BCUT2D eigenvalue weighted by Crippen LogP contribution is -2.36. The minimum atomic E-state index is -0.723. The van der Waals surface area contributed by atoms with Crippen molar-refractivity contribution < 1.29 is 19.1 Å². The molecule has 0 bridgehead atoms. The first kappa shape index (κ1) is 27.1. The highest BCUT2D eigenvalue weighted by molar-refractivity contribution is 6.48. The van der Waals surface area contributed by atoms with E-state index >= 15 is 0 Å². The number of morpholine rings is 1. The van der Waals surface area contributed by atoms with Gasteiger partial charge in [0.1, 0.15) is 11.6 Å². The molecule has 1 aliphatic rings. The first-order valence-corrected chi connectivity index (χ1v) is 13.4. The Labute approximate surface area is 234 Å². The summed E-state index contributed by atoms with van der Waals surface area (Å²) in [6, 6.07) is 20.6. The van der Waals surface area contributed by atoms with Crippen LogP contribution >= 0.6 is 0 Å². The fourth-order valence-corrected chi connectivity index (χ4v) is 4.80. The van der Waals surface area contributed by atoms with Crippen molar-refractivity contribution in [3.8, 4) is 5.75 Å². The van der Waals surface area contributed by atoms with E-state index < -0.39 is 11.7 Å². The summed E-state index contributed by atoms with van der Waals surface area (Å²) >= 11 is 0. The normalized spacial score (nSPS) is 13.7. The fourth-order valence-electron chi connectivity index (χ4n) is 4.80. The van der Waals surface area contributed by atoms with Crippen molar-refractivity contribution in [1.29, 1.82) is 0 Å². The predicted octanol–water partition coefficient (Wildman–Crippen LogP) is 5.94. The molecule has 0 atom stereocenters. The molecule has 8 nitrogen and oxygen atoms in total. The van der Waals surface area contributed by atoms with Crippen molar-refractivity contribution in [1.82, 2.24) is 4.98 Å². The molecule has 1 fully saturated rings. The number of aromatic nitrogens is 1. The van der Waals surface area contributed by atoms with E-state index in [1.807, 2.05) is 54.6 Å². The number of hydrogen-bond donors (Lipinski definition) is 2. The van der Waals surface area contributed by atoms with Crippen LogP contribution < -0.4 is 20.3 Å². The number of rotatable bonds is 7. The average molecular weight is 539 g/mol. The van der Waals surface area contributed by atoms with Crippen LogP contribution in [0.5, 0.6) is 5.75 Å². The number of benzene rings is 3. The topological polar surface area (TPSA) is 92.8 Å². The molecule has 0 spiro atoms. The third-order valence-corrected chi connectivity index (χ3v) is 7.05. The average Bonchev–Trinajstić information content (AvgIpc) is 2.97. The van der Waals surface area contributed by atoms with Gasteiger partial charge in [0.15, 0.2) is 0 Å². The Morgan fingerprint density at radius 2 is 1.68 bits per heavy atom. The van der Waals surface area contributed by atoms with Crippen molar-refractivity contribution >= 4 is 45.3 Å². The van der Waals surface area contributed by atoms with Crippen LogP contribution in [0.25, 0.3) is 10.8 Å². The van der Waals surface area contributed by atoms with Gasteiger partial charge in [-0.2, -0.15) is 0 Å². The molecule has 5 rings (SSSR count). The lowest BCUT2D eigenvalue weighted by molar-refractivity contribution is -0.112. The second-order valence-corrected chi connectivity index (χ2v) is 10.8. The number of hydrogen-bond acceptors (Lipinski definition) is 7. The molecule has 40 heavy (non-hydrogen) atoms. The lowest BCUT2D eigenvalue weighted by atomic mass is 9.87. The summed E-state index contributed by atoms with van der Waals surface area (Å²) in [4.78, 5) is 33.3. The highest BCUT2D eigenvalue weighted by atomic mass is 16.5. The highest BCUT2D eigenvalue weighted by Crippen LogP contribution is 2.33. The highest BCUT2D eigenvalue weighted by Gasteiger charge is 2.23. The smallest absolute Gasteiger partial charge is 0.296 e. The van der Waals surface area contributed by atoms with Gasteiger partial charge in [-0.1, -0.05) is 51.1 Å². The number of pyridine rings is 1. The van der Waals surface area contributed by atoms with Gasteiger partial charge in [0, 0.05) is 47.7 Å². The summed E-state index contributed by atoms with van der Waals surface area (Å²) in [5, 5.41) is 7.77. The van der Waals surface area contributed by atoms with Crippen LogP contribution in [0.3, 0.4) is 0 Å². The Hall–Kier alpha value is -4.43. The van der Waals surface area contributed by atoms with Crippen LogP contribution in [0.2, 0.25) is 0 Å². The molecule has 4 aromatic rings. The minimum Gasteiger partial charge on any atom is -0.495 e. The van der Waals surface area contributed by atoms with Gasteiger partial charge < -0.3 is 25.0 Å². The molecule has 206 valence electrons. The number of amides is 1. The third kappa shape index (κ3) is 5.77. The molecule has 0 saturated carbocycles. The number of carbonyl (C=O) groups excluding carboxylic acids is 2. The Balaban J connectivity index is 1.41. The van der Waals surface area contributed by atoms with E-state index in [-0.39, 0.29) is 5.41 Å². The van der Waals surface area contributed by atoms with Gasteiger partial charge in [0.25, 0.3) is 11.7 Å². The zero-order valence-electron chi connectivity index (χ0n) is 23.3.